The number of amides is 2. The maximum Gasteiger partial charge on any atom is 0.268 e. The molecule has 8 nitrogen and oxygen atoms in total. The van der Waals surface area contributed by atoms with E-state index < -0.39 is 11.8 Å². The van der Waals surface area contributed by atoms with E-state index in [0.717, 1.165) is 22.0 Å². The molecule has 0 saturated heterocycles. The summed E-state index contributed by atoms with van der Waals surface area (Å²) in [4.78, 5) is 31.1. The summed E-state index contributed by atoms with van der Waals surface area (Å²) in [6.45, 7) is 2.24. The Bertz CT molecular complexity index is 1380. The molecule has 36 heavy (non-hydrogen) atoms. The van der Waals surface area contributed by atoms with Gasteiger partial charge in [-0.2, -0.15) is 0 Å². The minimum atomic E-state index is -0.436. The number of hydrogen-bond acceptors (Lipinski definition) is 6. The maximum atomic E-state index is 13.1. The van der Waals surface area contributed by atoms with Crippen LogP contribution in [-0.4, -0.2) is 35.6 Å². The average Bonchev–Trinajstić information content (AvgIpc) is 3.58. The Morgan fingerprint density at radius 3 is 2.47 bits per heavy atom. The smallest absolute Gasteiger partial charge is 0.268 e. The van der Waals surface area contributed by atoms with E-state index in [0.29, 0.717) is 23.6 Å². The molecule has 0 radical (unpaired) electrons. The molecule has 2 aromatic carbocycles. The first kappa shape index (κ1) is 24.7. The minimum absolute atomic E-state index is 0.142. The molecule has 2 aromatic heterocycles. The van der Waals surface area contributed by atoms with Crippen molar-refractivity contribution in [1.82, 2.24) is 20.2 Å². The Hall–Kier alpha value is -4.37. The van der Waals surface area contributed by atoms with E-state index in [1.165, 1.54) is 25.6 Å². The first-order valence-electron chi connectivity index (χ1n) is 11.1. The highest BCUT2D eigenvalue weighted by molar-refractivity contribution is 7.10. The number of nitrogens with one attached hydrogen (secondary N) is 2. The first-order valence-corrected chi connectivity index (χ1v) is 12.0. The van der Waals surface area contributed by atoms with Crippen molar-refractivity contribution in [3.63, 3.8) is 0 Å². The molecule has 0 fully saturated rings. The van der Waals surface area contributed by atoms with Crippen LogP contribution >= 0.6 is 11.3 Å². The Morgan fingerprint density at radius 2 is 1.83 bits per heavy atom. The number of methoxy groups -OCH3 is 2. The largest absolute Gasteiger partial charge is 0.493 e. The summed E-state index contributed by atoms with van der Waals surface area (Å²) < 4.78 is 12.5. The fraction of sp³-hybridized carbons (Fsp3) is 0.148. The number of hydrogen-bond donors (Lipinski definition) is 2. The standard InChI is InChI=1S/C27H26N4O4S/c1-18-28-12-13-31(18)21-9-6-19(7-10-21)17-29-27(33)23(16-22-5-4-14-36-22)30-26(32)20-8-11-24(34-2)25(15-20)35-3/h4-16H,17H2,1-3H3,(H,29,33)(H,30,32)/b23-16-. The molecule has 0 atom stereocenters. The lowest BCUT2D eigenvalue weighted by atomic mass is 10.1. The van der Waals surface area contributed by atoms with E-state index in [-0.39, 0.29) is 5.70 Å². The van der Waals surface area contributed by atoms with Crippen LogP contribution in [-0.2, 0) is 11.3 Å². The summed E-state index contributed by atoms with van der Waals surface area (Å²) in [5, 5.41) is 7.54. The van der Waals surface area contributed by atoms with Crippen LogP contribution in [0.4, 0.5) is 0 Å². The van der Waals surface area contributed by atoms with Gasteiger partial charge in [0.25, 0.3) is 11.8 Å². The van der Waals surface area contributed by atoms with Crippen molar-refractivity contribution in [2.24, 2.45) is 0 Å². The average molecular weight is 503 g/mol. The van der Waals surface area contributed by atoms with Gasteiger partial charge in [0.1, 0.15) is 11.5 Å². The fourth-order valence-electron chi connectivity index (χ4n) is 3.55. The number of imidazole rings is 1. The van der Waals surface area contributed by atoms with Crippen LogP contribution in [0, 0.1) is 6.92 Å². The van der Waals surface area contributed by atoms with Crippen molar-refractivity contribution < 1.29 is 19.1 Å². The van der Waals surface area contributed by atoms with E-state index in [4.69, 9.17) is 9.47 Å². The summed E-state index contributed by atoms with van der Waals surface area (Å²) in [7, 11) is 3.02. The summed E-state index contributed by atoms with van der Waals surface area (Å²) in [6.07, 6.45) is 5.31. The van der Waals surface area contributed by atoms with Crippen molar-refractivity contribution in [2.75, 3.05) is 14.2 Å². The molecule has 0 aliphatic carbocycles. The van der Waals surface area contributed by atoms with Crippen molar-refractivity contribution in [3.8, 4) is 17.2 Å². The zero-order valence-corrected chi connectivity index (χ0v) is 21.0. The highest BCUT2D eigenvalue weighted by Gasteiger charge is 2.17. The molecule has 0 aliphatic rings. The summed E-state index contributed by atoms with van der Waals surface area (Å²) in [6, 6.07) is 16.4. The highest BCUT2D eigenvalue weighted by atomic mass is 32.1. The zero-order chi connectivity index (χ0) is 25.5. The van der Waals surface area contributed by atoms with Gasteiger partial charge in [0.05, 0.1) is 14.2 Å². The molecular weight excluding hydrogens is 476 g/mol. The van der Waals surface area contributed by atoms with Crippen LogP contribution < -0.4 is 20.1 Å². The minimum Gasteiger partial charge on any atom is -0.493 e. The van der Waals surface area contributed by atoms with E-state index in [9.17, 15) is 9.59 Å². The monoisotopic (exact) mass is 502 g/mol. The lowest BCUT2D eigenvalue weighted by molar-refractivity contribution is -0.117. The van der Waals surface area contributed by atoms with E-state index in [2.05, 4.69) is 15.6 Å². The van der Waals surface area contributed by atoms with Crippen LogP contribution in [0.5, 0.6) is 11.5 Å². The molecule has 4 aromatic rings. The summed E-state index contributed by atoms with van der Waals surface area (Å²) in [5.74, 6) is 0.994. The van der Waals surface area contributed by atoms with Gasteiger partial charge in [0.15, 0.2) is 11.5 Å². The number of ether oxygens (including phenoxy) is 2. The lowest BCUT2D eigenvalue weighted by Crippen LogP contribution is -2.34. The molecule has 0 saturated carbocycles. The van der Waals surface area contributed by atoms with Crippen molar-refractivity contribution in [2.45, 2.75) is 13.5 Å². The topological polar surface area (TPSA) is 94.5 Å². The molecule has 2 amide bonds. The second-order valence-corrected chi connectivity index (χ2v) is 8.77. The predicted molar refractivity (Wildman–Crippen MR) is 139 cm³/mol. The van der Waals surface area contributed by atoms with Gasteiger partial charge in [0, 0.05) is 35.1 Å². The van der Waals surface area contributed by atoms with Crippen LogP contribution in [0.3, 0.4) is 0 Å². The highest BCUT2D eigenvalue weighted by Crippen LogP contribution is 2.27. The van der Waals surface area contributed by atoms with Gasteiger partial charge in [-0.25, -0.2) is 4.98 Å². The first-order chi connectivity index (χ1) is 17.5. The molecule has 4 rings (SSSR count). The normalized spacial score (nSPS) is 11.1. The van der Waals surface area contributed by atoms with Crippen molar-refractivity contribution in [3.05, 3.63) is 99.9 Å². The molecule has 2 N–H and O–H groups in total. The number of rotatable bonds is 9. The third kappa shape index (κ3) is 5.81. The molecule has 0 bridgehead atoms. The summed E-state index contributed by atoms with van der Waals surface area (Å²) in [5.41, 5.74) is 2.39. The maximum absolute atomic E-state index is 13.1. The zero-order valence-electron chi connectivity index (χ0n) is 20.1. The molecular formula is C27H26N4O4S. The van der Waals surface area contributed by atoms with Gasteiger partial charge in [0.2, 0.25) is 0 Å². The quantitative estimate of drug-likeness (QED) is 0.332. The Kier molecular flexibility index (Phi) is 7.82. The molecule has 0 aliphatic heterocycles. The van der Waals surface area contributed by atoms with Crippen LogP contribution in [0.25, 0.3) is 11.8 Å². The number of aryl methyl sites for hydroxylation is 1. The Balaban J connectivity index is 1.48. The number of nitrogens with zero attached hydrogens (tertiary/aromatic N) is 2. The van der Waals surface area contributed by atoms with Gasteiger partial charge in [-0.1, -0.05) is 18.2 Å². The third-order valence-corrected chi connectivity index (χ3v) is 6.28. The van der Waals surface area contributed by atoms with Gasteiger partial charge in [-0.05, 0) is 60.3 Å². The molecule has 9 heteroatoms. The number of aromatic nitrogens is 2. The second kappa shape index (κ2) is 11.4. The van der Waals surface area contributed by atoms with Crippen LogP contribution in [0.15, 0.2) is 78.1 Å². The SMILES string of the molecule is COc1ccc(C(=O)N/C(=C\c2cccs2)C(=O)NCc2ccc(-n3ccnc3C)cc2)cc1OC. The molecule has 184 valence electrons. The molecule has 0 spiro atoms. The van der Waals surface area contributed by atoms with Gasteiger partial charge >= 0.3 is 0 Å². The molecule has 0 unspecified atom stereocenters. The number of thiophene rings is 1. The number of carbonyl (C=O) groups is 2. The lowest BCUT2D eigenvalue weighted by Gasteiger charge is -2.13. The number of carbonyl (C=O) groups excluding carboxylic acids is 2. The number of benzene rings is 2. The van der Waals surface area contributed by atoms with Gasteiger partial charge < -0.3 is 24.7 Å². The van der Waals surface area contributed by atoms with Crippen molar-refractivity contribution >= 4 is 29.2 Å². The third-order valence-electron chi connectivity index (χ3n) is 5.46. The summed E-state index contributed by atoms with van der Waals surface area (Å²) >= 11 is 1.47. The fourth-order valence-corrected chi connectivity index (χ4v) is 4.21. The predicted octanol–water partition coefficient (Wildman–Crippen LogP) is 4.35. The van der Waals surface area contributed by atoms with E-state index in [1.807, 2.05) is 59.5 Å². The second-order valence-electron chi connectivity index (χ2n) is 7.79. The van der Waals surface area contributed by atoms with Crippen molar-refractivity contribution in [1.29, 1.82) is 0 Å². The Morgan fingerprint density at radius 1 is 1.06 bits per heavy atom. The van der Waals surface area contributed by atoms with Crippen LogP contribution in [0.1, 0.15) is 26.6 Å². The van der Waals surface area contributed by atoms with Gasteiger partial charge in [-0.3, -0.25) is 9.59 Å². The van der Waals surface area contributed by atoms with Gasteiger partial charge in [-0.15, -0.1) is 11.3 Å². The van der Waals surface area contributed by atoms with Crippen LogP contribution in [0.2, 0.25) is 0 Å². The van der Waals surface area contributed by atoms with E-state index in [1.54, 1.807) is 30.5 Å². The molecule has 2 heterocycles. The Labute approximate surface area is 213 Å². The van der Waals surface area contributed by atoms with E-state index >= 15 is 0 Å².